The van der Waals surface area contributed by atoms with Gasteiger partial charge in [0.25, 0.3) is 5.91 Å². The highest BCUT2D eigenvalue weighted by Gasteiger charge is 2.31. The van der Waals surface area contributed by atoms with Crippen molar-refractivity contribution < 1.29 is 23.1 Å². The average molecular weight is 324 g/mol. The Balaban J connectivity index is 2.02. The normalized spacial score (nSPS) is 17.7. The Kier molecular flexibility index (Phi) is 3.89. The maximum atomic E-state index is 12.8. The van der Waals surface area contributed by atoms with Gasteiger partial charge in [-0.05, 0) is 30.2 Å². The predicted octanol–water partition coefficient (Wildman–Crippen LogP) is 2.84. The van der Waals surface area contributed by atoms with Crippen molar-refractivity contribution in [2.45, 2.75) is 18.6 Å². The summed E-state index contributed by atoms with van der Waals surface area (Å²) in [7, 11) is 0. The number of carbonyl (C=O) groups excluding carboxylic acids is 1. The van der Waals surface area contributed by atoms with Crippen molar-refractivity contribution >= 4 is 5.91 Å². The Morgan fingerprint density at radius 1 is 1.26 bits per heavy atom. The second kappa shape index (κ2) is 5.73. The molecule has 0 radical (unpaired) electrons. The first-order chi connectivity index (χ1) is 10.9. The second-order valence-corrected chi connectivity index (χ2v) is 5.48. The third-order valence-corrected chi connectivity index (χ3v) is 3.96. The fraction of sp³-hybridized carbons (Fsp3) is 0.312. The number of halogens is 3. The number of alkyl halides is 3. The summed E-state index contributed by atoms with van der Waals surface area (Å²) in [5, 5.41) is 11.8. The molecule has 1 aromatic heterocycles. The van der Waals surface area contributed by atoms with Gasteiger partial charge in [0.1, 0.15) is 5.69 Å². The monoisotopic (exact) mass is 324 g/mol. The van der Waals surface area contributed by atoms with Gasteiger partial charge < -0.3 is 15.0 Å². The second-order valence-electron chi connectivity index (χ2n) is 5.48. The quantitative estimate of drug-likeness (QED) is 0.912. The number of amides is 1. The minimum atomic E-state index is -4.41. The van der Waals surface area contributed by atoms with Gasteiger partial charge in [0.2, 0.25) is 0 Å². The Hall–Kier alpha value is -2.28. The standard InChI is InChI=1S/C16H15F3N2O2/c17-16(18,19)12-3-1-2-10(6-12)11-7-14-15(23)20-8-13(4-5-22)21(14)9-11/h1-3,6-7,9,13,22H,4-5,8H2,(H,20,23). The Labute approximate surface area is 130 Å². The molecule has 1 atom stereocenters. The number of rotatable bonds is 3. The zero-order valence-electron chi connectivity index (χ0n) is 12.1. The molecule has 0 aliphatic carbocycles. The molecule has 1 amide bonds. The van der Waals surface area contributed by atoms with E-state index >= 15 is 0 Å². The summed E-state index contributed by atoms with van der Waals surface area (Å²) < 4.78 is 40.2. The van der Waals surface area contributed by atoms with Gasteiger partial charge in [-0.1, -0.05) is 12.1 Å². The smallest absolute Gasteiger partial charge is 0.396 e. The van der Waals surface area contributed by atoms with Crippen LogP contribution >= 0.6 is 0 Å². The Morgan fingerprint density at radius 2 is 2.04 bits per heavy atom. The van der Waals surface area contributed by atoms with E-state index in [1.54, 1.807) is 22.9 Å². The van der Waals surface area contributed by atoms with Crippen molar-refractivity contribution in [1.82, 2.24) is 9.88 Å². The number of fused-ring (bicyclic) bond motifs is 1. The number of benzene rings is 1. The van der Waals surface area contributed by atoms with E-state index in [1.807, 2.05) is 0 Å². The summed E-state index contributed by atoms with van der Waals surface area (Å²) in [5.74, 6) is -0.266. The third kappa shape index (κ3) is 2.96. The summed E-state index contributed by atoms with van der Waals surface area (Å²) in [6.45, 7) is 0.361. The summed E-state index contributed by atoms with van der Waals surface area (Å²) in [4.78, 5) is 11.9. The molecule has 0 fully saturated rings. The molecule has 0 bridgehead atoms. The van der Waals surface area contributed by atoms with Crippen molar-refractivity contribution in [3.8, 4) is 11.1 Å². The van der Waals surface area contributed by atoms with Crippen LogP contribution < -0.4 is 5.32 Å². The van der Waals surface area contributed by atoms with Gasteiger partial charge >= 0.3 is 6.18 Å². The minimum absolute atomic E-state index is 0.0307. The largest absolute Gasteiger partial charge is 0.416 e. The van der Waals surface area contributed by atoms with Crippen LogP contribution in [0.5, 0.6) is 0 Å². The molecule has 1 aliphatic heterocycles. The molecular weight excluding hydrogens is 309 g/mol. The number of hydrogen-bond acceptors (Lipinski definition) is 2. The predicted molar refractivity (Wildman–Crippen MR) is 77.9 cm³/mol. The van der Waals surface area contributed by atoms with Crippen LogP contribution in [0, 0.1) is 0 Å². The van der Waals surface area contributed by atoms with Crippen LogP contribution in [0.25, 0.3) is 11.1 Å². The molecule has 7 heteroatoms. The molecule has 2 N–H and O–H groups in total. The molecule has 1 unspecified atom stereocenters. The maximum Gasteiger partial charge on any atom is 0.416 e. The van der Waals surface area contributed by atoms with Crippen LogP contribution in [0.3, 0.4) is 0 Å². The van der Waals surface area contributed by atoms with Crippen LogP contribution in [0.4, 0.5) is 13.2 Å². The first kappa shape index (κ1) is 15.6. The van der Waals surface area contributed by atoms with Crippen LogP contribution in [0.15, 0.2) is 36.5 Å². The van der Waals surface area contributed by atoms with E-state index in [-0.39, 0.29) is 18.6 Å². The van der Waals surface area contributed by atoms with Gasteiger partial charge in [0, 0.05) is 24.9 Å². The van der Waals surface area contributed by atoms with E-state index < -0.39 is 11.7 Å². The fourth-order valence-electron chi connectivity index (χ4n) is 2.79. The number of nitrogens with zero attached hydrogens (tertiary/aromatic N) is 1. The minimum Gasteiger partial charge on any atom is -0.396 e. The van der Waals surface area contributed by atoms with Crippen LogP contribution in [-0.2, 0) is 6.18 Å². The number of aliphatic hydroxyl groups is 1. The zero-order chi connectivity index (χ0) is 16.6. The van der Waals surface area contributed by atoms with Crippen LogP contribution in [0.1, 0.15) is 28.5 Å². The molecule has 3 rings (SSSR count). The van der Waals surface area contributed by atoms with Crippen LogP contribution in [0.2, 0.25) is 0 Å². The molecule has 0 spiro atoms. The number of nitrogens with one attached hydrogen (secondary N) is 1. The fourth-order valence-corrected chi connectivity index (χ4v) is 2.79. The number of hydrogen-bond donors (Lipinski definition) is 2. The molecular formula is C16H15F3N2O2. The molecule has 0 saturated carbocycles. The Bertz CT molecular complexity index is 737. The maximum absolute atomic E-state index is 12.8. The number of aliphatic hydroxyl groups excluding tert-OH is 1. The van der Waals surface area contributed by atoms with Crippen molar-refractivity contribution in [3.63, 3.8) is 0 Å². The lowest BCUT2D eigenvalue weighted by molar-refractivity contribution is -0.137. The SMILES string of the molecule is O=C1NCC(CCO)n2cc(-c3cccc(C(F)(F)F)c3)cc21. The highest BCUT2D eigenvalue weighted by molar-refractivity contribution is 5.95. The number of aromatic nitrogens is 1. The van der Waals surface area contributed by atoms with E-state index in [2.05, 4.69) is 5.32 Å². The zero-order valence-corrected chi connectivity index (χ0v) is 12.1. The lowest BCUT2D eigenvalue weighted by atomic mass is 10.1. The van der Waals surface area contributed by atoms with E-state index in [0.717, 1.165) is 12.1 Å². The summed E-state index contributed by atoms with van der Waals surface area (Å²) in [6.07, 6.45) is -2.28. The van der Waals surface area contributed by atoms with Gasteiger partial charge in [-0.2, -0.15) is 13.2 Å². The first-order valence-electron chi connectivity index (χ1n) is 7.18. The van der Waals surface area contributed by atoms with E-state index in [4.69, 9.17) is 5.11 Å². The van der Waals surface area contributed by atoms with E-state index in [9.17, 15) is 18.0 Å². The molecule has 23 heavy (non-hydrogen) atoms. The van der Waals surface area contributed by atoms with E-state index in [1.165, 1.54) is 6.07 Å². The summed E-state index contributed by atoms with van der Waals surface area (Å²) in [6, 6.07) is 6.48. The molecule has 1 aliphatic rings. The number of carbonyl (C=O) groups is 1. The van der Waals surface area contributed by atoms with Gasteiger partial charge in [0.15, 0.2) is 0 Å². The molecule has 0 saturated heterocycles. The molecule has 1 aromatic carbocycles. The lowest BCUT2D eigenvalue weighted by Gasteiger charge is -2.25. The third-order valence-electron chi connectivity index (χ3n) is 3.96. The summed E-state index contributed by atoms with van der Waals surface area (Å²) in [5.41, 5.74) is 0.612. The van der Waals surface area contributed by atoms with E-state index in [0.29, 0.717) is 29.8 Å². The summed E-state index contributed by atoms with van der Waals surface area (Å²) >= 11 is 0. The average Bonchev–Trinajstić information content (AvgIpc) is 2.96. The van der Waals surface area contributed by atoms with Gasteiger partial charge in [-0.15, -0.1) is 0 Å². The van der Waals surface area contributed by atoms with Gasteiger partial charge in [-0.3, -0.25) is 4.79 Å². The van der Waals surface area contributed by atoms with Gasteiger partial charge in [0.05, 0.1) is 11.6 Å². The first-order valence-corrected chi connectivity index (χ1v) is 7.18. The van der Waals surface area contributed by atoms with Gasteiger partial charge in [-0.25, -0.2) is 0 Å². The molecule has 122 valence electrons. The lowest BCUT2D eigenvalue weighted by Crippen LogP contribution is -2.38. The Morgan fingerprint density at radius 3 is 2.74 bits per heavy atom. The van der Waals surface area contributed by atoms with Crippen LogP contribution in [-0.4, -0.2) is 28.7 Å². The van der Waals surface area contributed by atoms with Crippen molar-refractivity contribution in [2.24, 2.45) is 0 Å². The highest BCUT2D eigenvalue weighted by Crippen LogP contribution is 2.33. The topological polar surface area (TPSA) is 54.3 Å². The van der Waals surface area contributed by atoms with Crippen molar-refractivity contribution in [3.05, 3.63) is 47.8 Å². The molecule has 4 nitrogen and oxygen atoms in total. The van der Waals surface area contributed by atoms with Crippen molar-refractivity contribution in [1.29, 1.82) is 0 Å². The van der Waals surface area contributed by atoms with Crippen molar-refractivity contribution in [2.75, 3.05) is 13.2 Å². The molecule has 2 aromatic rings. The highest BCUT2D eigenvalue weighted by atomic mass is 19.4. The molecule has 2 heterocycles.